The number of piperidine rings is 3. The highest BCUT2D eigenvalue weighted by atomic mass is 16.6. The van der Waals surface area contributed by atoms with Crippen molar-refractivity contribution in [1.29, 1.82) is 0 Å². The number of hydrogen-bond acceptors (Lipinski definition) is 9. The van der Waals surface area contributed by atoms with E-state index in [1.54, 1.807) is 22.9 Å². The SMILES string of the molecule is C.CCCOC(=O)CCC(=O)N1CCC(C)CC1.Cc1cc(C[C@@H](OC(=O)N2CCC(N3CCc4ccccc4NC3=O)CC2)C(=O)N2CCC(C)CC2)cc2oc(=O)n(C)c12. The van der Waals surface area contributed by atoms with Crippen molar-refractivity contribution < 1.29 is 37.9 Å². The quantitative estimate of drug-likeness (QED) is 0.213. The first-order valence-electron chi connectivity index (χ1n) is 22.2. The van der Waals surface area contributed by atoms with Crippen LogP contribution in [0.15, 0.2) is 45.6 Å². The minimum atomic E-state index is -1.00. The van der Waals surface area contributed by atoms with Crippen LogP contribution in [0.2, 0.25) is 0 Å². The Bertz CT molecular complexity index is 2070. The van der Waals surface area contributed by atoms with Crippen LogP contribution in [0, 0.1) is 18.8 Å². The predicted octanol–water partition coefficient (Wildman–Crippen LogP) is 6.92. The first kappa shape index (κ1) is 47.7. The third kappa shape index (κ3) is 12.2. The number of esters is 1. The van der Waals surface area contributed by atoms with Crippen LogP contribution in [0.1, 0.15) is 103 Å². The van der Waals surface area contributed by atoms with E-state index in [-0.39, 0.29) is 56.5 Å². The summed E-state index contributed by atoms with van der Waals surface area (Å²) in [5, 5.41) is 3.03. The molecule has 1 atom stereocenters. The van der Waals surface area contributed by atoms with E-state index < -0.39 is 18.0 Å². The Morgan fingerprint density at radius 1 is 0.839 bits per heavy atom. The Hall–Kier alpha value is -5.34. The zero-order valence-electron chi connectivity index (χ0n) is 36.6. The van der Waals surface area contributed by atoms with E-state index in [0.29, 0.717) is 75.1 Å². The number of oxazole rings is 1. The van der Waals surface area contributed by atoms with Crippen molar-refractivity contribution >= 4 is 46.7 Å². The number of nitrogens with one attached hydrogen (secondary N) is 1. The van der Waals surface area contributed by atoms with E-state index in [1.807, 2.05) is 54.0 Å². The van der Waals surface area contributed by atoms with E-state index >= 15 is 0 Å². The first-order valence-corrected chi connectivity index (χ1v) is 22.2. The van der Waals surface area contributed by atoms with Gasteiger partial charge in [0.25, 0.3) is 5.91 Å². The zero-order chi connectivity index (χ0) is 43.6. The zero-order valence-corrected chi connectivity index (χ0v) is 36.6. The number of aryl methyl sites for hydroxylation is 2. The maximum Gasteiger partial charge on any atom is 0.419 e. The molecule has 15 heteroatoms. The van der Waals surface area contributed by atoms with Gasteiger partial charge in [0.05, 0.1) is 18.5 Å². The van der Waals surface area contributed by atoms with Crippen LogP contribution < -0.4 is 11.1 Å². The van der Waals surface area contributed by atoms with Gasteiger partial charge in [-0.3, -0.25) is 19.0 Å². The van der Waals surface area contributed by atoms with Crippen LogP contribution in [0.5, 0.6) is 0 Å². The Balaban J connectivity index is 0.000000341. The van der Waals surface area contributed by atoms with Gasteiger partial charge >= 0.3 is 23.8 Å². The van der Waals surface area contributed by atoms with Gasteiger partial charge in [0.2, 0.25) is 5.91 Å². The molecule has 4 aliphatic heterocycles. The number of carbonyl (C=O) groups is 5. The van der Waals surface area contributed by atoms with E-state index in [4.69, 9.17) is 13.9 Å². The third-order valence-corrected chi connectivity index (χ3v) is 12.6. The summed E-state index contributed by atoms with van der Waals surface area (Å²) >= 11 is 0. The number of likely N-dealkylation sites (tertiary alicyclic amines) is 3. The van der Waals surface area contributed by atoms with Crippen molar-refractivity contribution in [1.82, 2.24) is 24.2 Å². The Morgan fingerprint density at radius 3 is 2.13 bits per heavy atom. The average molecular weight is 861 g/mol. The van der Waals surface area contributed by atoms with Crippen molar-refractivity contribution in [2.45, 2.75) is 118 Å². The van der Waals surface area contributed by atoms with E-state index in [2.05, 4.69) is 19.2 Å². The van der Waals surface area contributed by atoms with Gasteiger partial charge in [-0.15, -0.1) is 0 Å². The number of hydrogen-bond donors (Lipinski definition) is 1. The second kappa shape index (κ2) is 22.1. The summed E-state index contributed by atoms with van der Waals surface area (Å²) in [5.74, 6) is 0.442. The summed E-state index contributed by atoms with van der Waals surface area (Å²) in [4.78, 5) is 82.6. The third-order valence-electron chi connectivity index (χ3n) is 12.6. The molecular weight excluding hydrogens is 793 g/mol. The molecule has 62 heavy (non-hydrogen) atoms. The maximum atomic E-state index is 13.8. The van der Waals surface area contributed by atoms with Crippen LogP contribution in [-0.4, -0.2) is 119 Å². The Morgan fingerprint density at radius 2 is 1.47 bits per heavy atom. The number of urea groups is 1. The van der Waals surface area contributed by atoms with Gasteiger partial charge in [0.1, 0.15) is 0 Å². The lowest BCUT2D eigenvalue weighted by Gasteiger charge is -2.38. The number of fused-ring (bicyclic) bond motifs is 2. The number of nitrogens with zero attached hydrogens (tertiary/aromatic N) is 5. The van der Waals surface area contributed by atoms with E-state index in [1.165, 1.54) is 4.57 Å². The van der Waals surface area contributed by atoms with Gasteiger partial charge in [-0.1, -0.05) is 52.5 Å². The van der Waals surface area contributed by atoms with Gasteiger partial charge in [-0.05, 0) is 98.9 Å². The topological polar surface area (TPSA) is 164 Å². The molecule has 0 unspecified atom stereocenters. The molecule has 3 saturated heterocycles. The van der Waals surface area contributed by atoms with Crippen molar-refractivity contribution in [2.75, 3.05) is 57.7 Å². The van der Waals surface area contributed by atoms with Gasteiger partial charge < -0.3 is 38.8 Å². The van der Waals surface area contributed by atoms with Crippen LogP contribution in [0.4, 0.5) is 15.3 Å². The lowest BCUT2D eigenvalue weighted by atomic mass is 9.98. The highest BCUT2D eigenvalue weighted by Gasteiger charge is 2.35. The molecule has 0 spiro atoms. The molecule has 1 aromatic heterocycles. The molecule has 3 fully saturated rings. The summed E-state index contributed by atoms with van der Waals surface area (Å²) in [6, 6.07) is 11.4. The molecule has 4 aliphatic rings. The summed E-state index contributed by atoms with van der Waals surface area (Å²) in [7, 11) is 1.66. The standard InChI is InChI=1S/C33H41N5O6.C13H23NO3.CH4/c1-21-8-13-36(14-9-21)30(39)28(20-23-18-22(2)29-27(19-23)43-32(41)35(29)3)44-33(42)37-15-11-25(12-16-37)38-17-10-24-6-4-5-7-26(24)34-31(38)40;1-3-10-17-13(16)5-4-12(15)14-8-6-11(2)7-9-14;/h4-7,18-19,21,25,28H,8-17,20H2,1-3H3,(H,34,40);11H,3-10H2,1-2H3;1H4/t28-;;/m1../s1. The van der Waals surface area contributed by atoms with Crippen LogP contribution in [-0.2, 0) is 43.7 Å². The molecule has 2 aromatic carbocycles. The number of aromatic nitrogens is 1. The highest BCUT2D eigenvalue weighted by Crippen LogP contribution is 2.27. The number of amides is 5. The molecule has 5 amide bonds. The first-order chi connectivity index (χ1) is 29.3. The van der Waals surface area contributed by atoms with Gasteiger partial charge in [0, 0.05) is 77.4 Å². The normalized spacial score (nSPS) is 18.1. The molecule has 0 aliphatic carbocycles. The minimum absolute atomic E-state index is 0. The molecule has 15 nitrogen and oxygen atoms in total. The van der Waals surface area contributed by atoms with Gasteiger partial charge in [-0.2, -0.15) is 0 Å². The molecule has 0 bridgehead atoms. The second-order valence-electron chi connectivity index (χ2n) is 17.3. The van der Waals surface area contributed by atoms with E-state index in [0.717, 1.165) is 74.0 Å². The number of rotatable bonds is 10. The molecule has 7 rings (SSSR count). The lowest BCUT2D eigenvalue weighted by Crippen LogP contribution is -2.51. The number of para-hydroxylation sites is 1. The fourth-order valence-electron chi connectivity index (χ4n) is 8.73. The molecule has 0 radical (unpaired) electrons. The molecule has 0 saturated carbocycles. The predicted molar refractivity (Wildman–Crippen MR) is 238 cm³/mol. The Kier molecular flexibility index (Phi) is 17.0. The van der Waals surface area contributed by atoms with Crippen molar-refractivity contribution in [3.8, 4) is 0 Å². The van der Waals surface area contributed by atoms with Crippen LogP contribution in [0.25, 0.3) is 11.1 Å². The summed E-state index contributed by atoms with van der Waals surface area (Å²) in [6.45, 7) is 13.1. The van der Waals surface area contributed by atoms with E-state index in [9.17, 15) is 28.8 Å². The smallest absolute Gasteiger partial charge is 0.419 e. The van der Waals surface area contributed by atoms with Crippen LogP contribution in [0.3, 0.4) is 0 Å². The molecule has 1 N–H and O–H groups in total. The fraction of sp³-hybridized carbons (Fsp3) is 0.617. The maximum absolute atomic E-state index is 13.8. The number of anilines is 1. The summed E-state index contributed by atoms with van der Waals surface area (Å²) < 4.78 is 17.8. The number of ether oxygens (including phenoxy) is 2. The Labute approximate surface area is 366 Å². The molecule has 340 valence electrons. The molecule has 5 heterocycles. The average Bonchev–Trinajstić information content (AvgIpc) is 3.43. The molecule has 3 aromatic rings. The van der Waals surface area contributed by atoms with Gasteiger partial charge in [-0.25, -0.2) is 14.4 Å². The van der Waals surface area contributed by atoms with Crippen molar-refractivity contribution in [3.05, 3.63) is 63.6 Å². The molecular formula is C47H68N6O9. The fourth-order valence-corrected chi connectivity index (χ4v) is 8.73. The summed E-state index contributed by atoms with van der Waals surface area (Å²) in [5.41, 5.74) is 4.72. The minimum Gasteiger partial charge on any atom is -0.466 e. The van der Waals surface area contributed by atoms with Crippen molar-refractivity contribution in [3.63, 3.8) is 0 Å². The number of benzene rings is 2. The monoisotopic (exact) mass is 861 g/mol. The number of carbonyl (C=O) groups excluding carboxylic acids is 5. The largest absolute Gasteiger partial charge is 0.466 e. The second-order valence-corrected chi connectivity index (χ2v) is 17.3. The van der Waals surface area contributed by atoms with Crippen molar-refractivity contribution in [2.24, 2.45) is 18.9 Å². The van der Waals surface area contributed by atoms with Crippen LogP contribution >= 0.6 is 0 Å². The lowest BCUT2D eigenvalue weighted by molar-refractivity contribution is -0.146. The summed E-state index contributed by atoms with van der Waals surface area (Å²) in [6.07, 6.45) is 5.98. The van der Waals surface area contributed by atoms with Gasteiger partial charge in [0.15, 0.2) is 11.7 Å². The highest BCUT2D eigenvalue weighted by molar-refractivity contribution is 5.91.